The Morgan fingerprint density at radius 1 is 1.20 bits per heavy atom. The fourth-order valence-corrected chi connectivity index (χ4v) is 1.67. The number of halogens is 3. The van der Waals surface area contributed by atoms with Crippen LogP contribution in [-0.4, -0.2) is 22.5 Å². The van der Waals surface area contributed by atoms with Gasteiger partial charge in [0.15, 0.2) is 0 Å². The van der Waals surface area contributed by atoms with Gasteiger partial charge in [-0.25, -0.2) is 0 Å². The third-order valence-corrected chi connectivity index (χ3v) is 3.13. The maximum atomic E-state index is 12.0. The van der Waals surface area contributed by atoms with Crippen LogP contribution < -0.4 is 4.74 Å². The molecule has 0 bridgehead atoms. The molecule has 0 aliphatic rings. The van der Waals surface area contributed by atoms with Crippen molar-refractivity contribution in [2.45, 2.75) is 26.3 Å². The molecular formula is C13H15F3O4. The van der Waals surface area contributed by atoms with Gasteiger partial charge in [-0.05, 0) is 23.6 Å². The Morgan fingerprint density at radius 3 is 2.10 bits per heavy atom. The minimum absolute atomic E-state index is 0.333. The molecule has 0 aromatic heterocycles. The van der Waals surface area contributed by atoms with Crippen molar-refractivity contribution >= 4 is 5.97 Å². The first kappa shape index (κ1) is 16.3. The molecule has 3 atom stereocenters. The third kappa shape index (κ3) is 4.41. The molecule has 112 valence electrons. The third-order valence-electron chi connectivity index (χ3n) is 3.13. The van der Waals surface area contributed by atoms with Crippen LogP contribution in [0.25, 0.3) is 0 Å². The smallest absolute Gasteiger partial charge is 0.481 e. The second-order valence-electron chi connectivity index (χ2n) is 4.55. The normalized spacial score (nSPS) is 16.3. The van der Waals surface area contributed by atoms with Crippen molar-refractivity contribution in [3.63, 3.8) is 0 Å². The van der Waals surface area contributed by atoms with Crippen molar-refractivity contribution in [3.8, 4) is 5.75 Å². The summed E-state index contributed by atoms with van der Waals surface area (Å²) in [5, 5.41) is 18.9. The monoisotopic (exact) mass is 292 g/mol. The second-order valence-corrected chi connectivity index (χ2v) is 4.55. The SMILES string of the molecule is CC(C(=O)O)C(C)C(O)c1ccc(OC(F)(F)F)cc1. The maximum Gasteiger partial charge on any atom is 0.573 e. The number of ether oxygens (including phenoxy) is 1. The minimum Gasteiger partial charge on any atom is -0.481 e. The molecule has 0 aliphatic heterocycles. The number of benzene rings is 1. The molecule has 0 spiro atoms. The average molecular weight is 292 g/mol. The highest BCUT2D eigenvalue weighted by Gasteiger charge is 2.31. The summed E-state index contributed by atoms with van der Waals surface area (Å²) < 4.78 is 39.7. The molecule has 0 amide bonds. The van der Waals surface area contributed by atoms with Crippen LogP contribution in [0, 0.1) is 11.8 Å². The zero-order valence-corrected chi connectivity index (χ0v) is 10.9. The van der Waals surface area contributed by atoms with E-state index in [0.29, 0.717) is 5.56 Å². The van der Waals surface area contributed by atoms with E-state index in [0.717, 1.165) is 12.1 Å². The topological polar surface area (TPSA) is 66.8 Å². The number of hydrogen-bond donors (Lipinski definition) is 2. The van der Waals surface area contributed by atoms with E-state index in [4.69, 9.17) is 5.11 Å². The summed E-state index contributed by atoms with van der Waals surface area (Å²) in [4.78, 5) is 10.8. The van der Waals surface area contributed by atoms with Crippen LogP contribution in [0.5, 0.6) is 5.75 Å². The highest BCUT2D eigenvalue weighted by Crippen LogP contribution is 2.30. The summed E-state index contributed by atoms with van der Waals surface area (Å²) in [6.07, 6.45) is -5.85. The lowest BCUT2D eigenvalue weighted by atomic mass is 9.87. The number of carbonyl (C=O) groups is 1. The van der Waals surface area contributed by atoms with Crippen LogP contribution >= 0.6 is 0 Å². The summed E-state index contributed by atoms with van der Waals surface area (Å²) in [6, 6.07) is 4.70. The number of aliphatic carboxylic acids is 1. The first-order valence-corrected chi connectivity index (χ1v) is 5.88. The van der Waals surface area contributed by atoms with Gasteiger partial charge in [-0.3, -0.25) is 4.79 Å². The Hall–Kier alpha value is -1.76. The largest absolute Gasteiger partial charge is 0.573 e. The molecule has 7 heteroatoms. The van der Waals surface area contributed by atoms with Gasteiger partial charge in [0.25, 0.3) is 0 Å². The van der Waals surface area contributed by atoms with E-state index in [1.54, 1.807) is 6.92 Å². The van der Waals surface area contributed by atoms with Crippen molar-refractivity contribution in [3.05, 3.63) is 29.8 Å². The first-order chi connectivity index (χ1) is 9.11. The van der Waals surface area contributed by atoms with Gasteiger partial charge in [-0.1, -0.05) is 26.0 Å². The first-order valence-electron chi connectivity index (χ1n) is 5.88. The van der Waals surface area contributed by atoms with Gasteiger partial charge in [0.05, 0.1) is 12.0 Å². The zero-order chi connectivity index (χ0) is 15.5. The lowest BCUT2D eigenvalue weighted by Gasteiger charge is -2.22. The molecule has 0 heterocycles. The fourth-order valence-electron chi connectivity index (χ4n) is 1.67. The van der Waals surface area contributed by atoms with Gasteiger partial charge in [0.1, 0.15) is 5.75 Å². The van der Waals surface area contributed by atoms with Crippen molar-refractivity contribution < 1.29 is 32.9 Å². The van der Waals surface area contributed by atoms with E-state index >= 15 is 0 Å². The van der Waals surface area contributed by atoms with Crippen molar-refractivity contribution in [1.82, 2.24) is 0 Å². The molecule has 1 aromatic rings. The highest BCUT2D eigenvalue weighted by atomic mass is 19.4. The molecule has 4 nitrogen and oxygen atoms in total. The Labute approximate surface area is 113 Å². The van der Waals surface area contributed by atoms with Crippen LogP contribution in [0.1, 0.15) is 25.5 Å². The molecule has 0 saturated carbocycles. The highest BCUT2D eigenvalue weighted by molar-refractivity contribution is 5.69. The second kappa shape index (κ2) is 6.13. The molecule has 0 radical (unpaired) electrons. The fraction of sp³-hybridized carbons (Fsp3) is 0.462. The van der Waals surface area contributed by atoms with E-state index in [1.165, 1.54) is 19.1 Å². The van der Waals surface area contributed by atoms with Crippen LogP contribution in [0.2, 0.25) is 0 Å². The molecule has 0 fully saturated rings. The number of hydrogen-bond acceptors (Lipinski definition) is 3. The molecular weight excluding hydrogens is 277 g/mol. The molecule has 0 saturated heterocycles. The Morgan fingerprint density at radius 2 is 1.70 bits per heavy atom. The molecule has 2 N–H and O–H groups in total. The van der Waals surface area contributed by atoms with Gasteiger partial charge in [0.2, 0.25) is 0 Å². The number of alkyl halides is 3. The standard InChI is InChI=1S/C13H15F3O4/c1-7(8(2)12(18)19)11(17)9-3-5-10(6-4-9)20-13(14,15)16/h3-8,11,17H,1-2H3,(H,18,19). The summed E-state index contributed by atoms with van der Waals surface area (Å²) in [6.45, 7) is 3.01. The Balaban J connectivity index is 2.80. The average Bonchev–Trinajstić information content (AvgIpc) is 2.35. The number of aliphatic hydroxyl groups is 1. The van der Waals surface area contributed by atoms with E-state index in [2.05, 4.69) is 4.74 Å². The number of carboxylic acid groups (broad SMARTS) is 1. The van der Waals surface area contributed by atoms with Gasteiger partial charge in [-0.2, -0.15) is 0 Å². The van der Waals surface area contributed by atoms with Crippen LogP contribution in [0.15, 0.2) is 24.3 Å². The lowest BCUT2D eigenvalue weighted by molar-refractivity contribution is -0.274. The van der Waals surface area contributed by atoms with Gasteiger partial charge in [-0.15, -0.1) is 13.2 Å². The number of carboxylic acids is 1. The van der Waals surface area contributed by atoms with E-state index < -0.39 is 36.0 Å². The quantitative estimate of drug-likeness (QED) is 0.875. The Kier molecular flexibility index (Phi) is 4.99. The van der Waals surface area contributed by atoms with Crippen LogP contribution in [0.4, 0.5) is 13.2 Å². The van der Waals surface area contributed by atoms with Crippen molar-refractivity contribution in [2.24, 2.45) is 11.8 Å². The lowest BCUT2D eigenvalue weighted by Crippen LogP contribution is -2.24. The molecule has 1 aromatic carbocycles. The predicted octanol–water partition coefficient (Wildman–Crippen LogP) is 2.98. The predicted molar refractivity (Wildman–Crippen MR) is 64.0 cm³/mol. The summed E-state index contributed by atoms with van der Waals surface area (Å²) in [5.74, 6) is -2.81. The van der Waals surface area contributed by atoms with Crippen molar-refractivity contribution in [2.75, 3.05) is 0 Å². The van der Waals surface area contributed by atoms with Gasteiger partial charge < -0.3 is 14.9 Å². The molecule has 0 aliphatic carbocycles. The van der Waals surface area contributed by atoms with Crippen molar-refractivity contribution in [1.29, 1.82) is 0 Å². The Bertz CT molecular complexity index is 456. The van der Waals surface area contributed by atoms with E-state index in [-0.39, 0.29) is 0 Å². The maximum absolute atomic E-state index is 12.0. The summed E-state index contributed by atoms with van der Waals surface area (Å²) >= 11 is 0. The summed E-state index contributed by atoms with van der Waals surface area (Å²) in [5.41, 5.74) is 0.333. The van der Waals surface area contributed by atoms with E-state index in [9.17, 15) is 23.1 Å². The van der Waals surface area contributed by atoms with Gasteiger partial charge in [0, 0.05) is 0 Å². The number of aliphatic hydroxyl groups excluding tert-OH is 1. The molecule has 1 rings (SSSR count). The zero-order valence-electron chi connectivity index (χ0n) is 10.9. The minimum atomic E-state index is -4.77. The van der Waals surface area contributed by atoms with E-state index in [1.807, 2.05) is 0 Å². The van der Waals surface area contributed by atoms with Crippen LogP contribution in [0.3, 0.4) is 0 Å². The summed E-state index contributed by atoms with van der Waals surface area (Å²) in [7, 11) is 0. The van der Waals surface area contributed by atoms with Gasteiger partial charge >= 0.3 is 12.3 Å². The molecule has 20 heavy (non-hydrogen) atoms. The van der Waals surface area contributed by atoms with Crippen LogP contribution in [-0.2, 0) is 4.79 Å². The molecule has 3 unspecified atom stereocenters. The number of rotatable bonds is 5.